The molecule has 19 heavy (non-hydrogen) atoms. The summed E-state index contributed by atoms with van der Waals surface area (Å²) in [4.78, 5) is 10.8. The number of nitrogens with two attached hydrogens (primary N) is 2. The van der Waals surface area contributed by atoms with Crippen LogP contribution < -0.4 is 16.6 Å². The lowest BCUT2D eigenvalue weighted by Crippen LogP contribution is -2.25. The Morgan fingerprint density at radius 2 is 1.79 bits per heavy atom. The standard InChI is InChI=1S/C14H15N3O2/c1-9-2-7-13(12(15)8-9)17(16)11-5-3-10(4-6-11)14(18)19/h2-8H,15-16H2,1H3,(H,18,19). The van der Waals surface area contributed by atoms with Crippen molar-refractivity contribution in [3.8, 4) is 0 Å². The maximum absolute atomic E-state index is 10.8. The lowest BCUT2D eigenvalue weighted by molar-refractivity contribution is 0.0697. The molecule has 0 radical (unpaired) electrons. The van der Waals surface area contributed by atoms with E-state index in [1.165, 1.54) is 17.1 Å². The fraction of sp³-hybridized carbons (Fsp3) is 0.0714. The SMILES string of the molecule is Cc1ccc(N(N)c2ccc(C(=O)O)cc2)c(N)c1. The highest BCUT2D eigenvalue weighted by Crippen LogP contribution is 2.28. The molecule has 5 N–H and O–H groups in total. The minimum absolute atomic E-state index is 0.217. The first kappa shape index (κ1) is 12.9. The second-order valence-corrected chi connectivity index (χ2v) is 4.28. The van der Waals surface area contributed by atoms with Gasteiger partial charge in [-0.15, -0.1) is 0 Å². The largest absolute Gasteiger partial charge is 0.478 e. The molecule has 0 bridgehead atoms. The van der Waals surface area contributed by atoms with Crippen molar-refractivity contribution in [1.29, 1.82) is 0 Å². The minimum Gasteiger partial charge on any atom is -0.478 e. The van der Waals surface area contributed by atoms with Crippen LogP contribution >= 0.6 is 0 Å². The summed E-state index contributed by atoms with van der Waals surface area (Å²) in [5, 5.41) is 10.3. The Labute approximate surface area is 111 Å². The molecule has 98 valence electrons. The monoisotopic (exact) mass is 257 g/mol. The molecule has 0 aromatic heterocycles. The fourth-order valence-corrected chi connectivity index (χ4v) is 1.80. The highest BCUT2D eigenvalue weighted by atomic mass is 16.4. The fourth-order valence-electron chi connectivity index (χ4n) is 1.80. The molecular formula is C14H15N3O2. The van der Waals surface area contributed by atoms with Crippen LogP contribution in [0.25, 0.3) is 0 Å². The van der Waals surface area contributed by atoms with E-state index in [0.29, 0.717) is 17.1 Å². The van der Waals surface area contributed by atoms with Gasteiger partial charge in [0, 0.05) is 0 Å². The Kier molecular flexibility index (Phi) is 3.39. The summed E-state index contributed by atoms with van der Waals surface area (Å²) >= 11 is 0. The summed E-state index contributed by atoms with van der Waals surface area (Å²) in [6, 6.07) is 11.9. The second-order valence-electron chi connectivity index (χ2n) is 4.28. The lowest BCUT2D eigenvalue weighted by Gasteiger charge is -2.21. The molecule has 0 amide bonds. The molecule has 0 atom stereocenters. The summed E-state index contributed by atoms with van der Waals surface area (Å²) in [7, 11) is 0. The minimum atomic E-state index is -0.968. The number of nitrogen functional groups attached to an aromatic ring is 1. The number of hydrazine groups is 1. The summed E-state index contributed by atoms with van der Waals surface area (Å²) in [6.45, 7) is 1.95. The van der Waals surface area contributed by atoms with Gasteiger partial charge < -0.3 is 10.8 Å². The molecule has 0 heterocycles. The first-order valence-corrected chi connectivity index (χ1v) is 5.73. The van der Waals surface area contributed by atoms with Crippen molar-refractivity contribution < 1.29 is 9.90 Å². The molecule has 0 saturated carbocycles. The normalized spacial score (nSPS) is 10.2. The van der Waals surface area contributed by atoms with Crippen LogP contribution in [0, 0.1) is 6.92 Å². The molecule has 5 heteroatoms. The van der Waals surface area contributed by atoms with Gasteiger partial charge in [-0.1, -0.05) is 6.07 Å². The Balaban J connectivity index is 2.33. The van der Waals surface area contributed by atoms with Crippen LogP contribution in [0.1, 0.15) is 15.9 Å². The van der Waals surface area contributed by atoms with Crippen LogP contribution in [0.15, 0.2) is 42.5 Å². The van der Waals surface area contributed by atoms with Gasteiger partial charge in [-0.3, -0.25) is 5.01 Å². The molecule has 0 saturated heterocycles. The zero-order valence-electron chi connectivity index (χ0n) is 10.5. The van der Waals surface area contributed by atoms with E-state index in [1.807, 2.05) is 25.1 Å². The maximum atomic E-state index is 10.8. The van der Waals surface area contributed by atoms with Gasteiger partial charge in [0.25, 0.3) is 0 Å². The lowest BCUT2D eigenvalue weighted by atomic mass is 10.1. The molecule has 2 aromatic rings. The van der Waals surface area contributed by atoms with E-state index in [1.54, 1.807) is 12.1 Å². The van der Waals surface area contributed by atoms with E-state index >= 15 is 0 Å². The quantitative estimate of drug-likeness (QED) is 0.445. The predicted octanol–water partition coefficient (Wildman–Crippen LogP) is 2.29. The van der Waals surface area contributed by atoms with Gasteiger partial charge in [-0.25, -0.2) is 10.6 Å². The van der Waals surface area contributed by atoms with E-state index in [0.717, 1.165) is 5.56 Å². The van der Waals surface area contributed by atoms with Crippen molar-refractivity contribution in [3.05, 3.63) is 53.6 Å². The van der Waals surface area contributed by atoms with E-state index in [4.69, 9.17) is 16.7 Å². The molecule has 5 nitrogen and oxygen atoms in total. The van der Waals surface area contributed by atoms with E-state index in [2.05, 4.69) is 0 Å². The molecule has 0 spiro atoms. The van der Waals surface area contributed by atoms with Gasteiger partial charge in [0.05, 0.1) is 22.6 Å². The number of rotatable bonds is 3. The van der Waals surface area contributed by atoms with Gasteiger partial charge >= 0.3 is 5.97 Å². The van der Waals surface area contributed by atoms with Crippen LogP contribution in [0.2, 0.25) is 0 Å². The first-order valence-electron chi connectivity index (χ1n) is 5.73. The number of aryl methyl sites for hydroxylation is 1. The maximum Gasteiger partial charge on any atom is 0.335 e. The van der Waals surface area contributed by atoms with Crippen molar-refractivity contribution in [2.45, 2.75) is 6.92 Å². The highest BCUT2D eigenvalue weighted by molar-refractivity contribution is 5.88. The van der Waals surface area contributed by atoms with Gasteiger partial charge in [-0.2, -0.15) is 0 Å². The van der Waals surface area contributed by atoms with E-state index < -0.39 is 5.97 Å². The van der Waals surface area contributed by atoms with Gasteiger partial charge in [0.15, 0.2) is 0 Å². The van der Waals surface area contributed by atoms with Crippen LogP contribution in [0.3, 0.4) is 0 Å². The molecule has 0 fully saturated rings. The average molecular weight is 257 g/mol. The number of benzene rings is 2. The van der Waals surface area contributed by atoms with Crippen LogP contribution in [0.5, 0.6) is 0 Å². The van der Waals surface area contributed by atoms with Crippen molar-refractivity contribution in [1.82, 2.24) is 0 Å². The van der Waals surface area contributed by atoms with Crippen molar-refractivity contribution in [2.75, 3.05) is 10.7 Å². The van der Waals surface area contributed by atoms with Crippen LogP contribution in [0.4, 0.5) is 17.1 Å². The molecule has 0 aliphatic heterocycles. The zero-order valence-corrected chi connectivity index (χ0v) is 10.5. The first-order chi connectivity index (χ1) is 8.99. The zero-order chi connectivity index (χ0) is 14.0. The smallest absolute Gasteiger partial charge is 0.335 e. The number of hydrogen-bond acceptors (Lipinski definition) is 4. The van der Waals surface area contributed by atoms with Crippen molar-refractivity contribution >= 4 is 23.0 Å². The summed E-state index contributed by atoms with van der Waals surface area (Å²) in [6.07, 6.45) is 0. The van der Waals surface area contributed by atoms with E-state index in [-0.39, 0.29) is 5.56 Å². The Morgan fingerprint density at radius 3 is 2.32 bits per heavy atom. The Hall–Kier alpha value is -2.53. The Morgan fingerprint density at radius 1 is 1.16 bits per heavy atom. The molecule has 2 aromatic carbocycles. The third-order valence-electron chi connectivity index (χ3n) is 2.83. The third-order valence-corrected chi connectivity index (χ3v) is 2.83. The molecular weight excluding hydrogens is 242 g/mol. The number of anilines is 3. The number of hydrogen-bond donors (Lipinski definition) is 3. The number of carbonyl (C=O) groups is 1. The molecule has 0 aliphatic rings. The highest BCUT2D eigenvalue weighted by Gasteiger charge is 2.09. The second kappa shape index (κ2) is 4.99. The third kappa shape index (κ3) is 2.66. The van der Waals surface area contributed by atoms with E-state index in [9.17, 15) is 4.79 Å². The molecule has 0 aliphatic carbocycles. The predicted molar refractivity (Wildman–Crippen MR) is 75.3 cm³/mol. The summed E-state index contributed by atoms with van der Waals surface area (Å²) in [5.74, 6) is 5.03. The molecule has 0 unspecified atom stereocenters. The molecule has 2 rings (SSSR count). The van der Waals surface area contributed by atoms with Crippen LogP contribution in [-0.2, 0) is 0 Å². The van der Waals surface area contributed by atoms with Crippen molar-refractivity contribution in [2.24, 2.45) is 5.84 Å². The number of carboxylic acid groups (broad SMARTS) is 1. The Bertz CT molecular complexity index is 609. The number of carboxylic acids is 1. The average Bonchev–Trinajstić information content (AvgIpc) is 2.38. The van der Waals surface area contributed by atoms with Crippen LogP contribution in [-0.4, -0.2) is 11.1 Å². The van der Waals surface area contributed by atoms with Gasteiger partial charge in [0.1, 0.15) is 0 Å². The van der Waals surface area contributed by atoms with Gasteiger partial charge in [-0.05, 0) is 48.9 Å². The number of nitrogens with zero attached hydrogens (tertiary/aromatic N) is 1. The topological polar surface area (TPSA) is 92.6 Å². The summed E-state index contributed by atoms with van der Waals surface area (Å²) < 4.78 is 0. The van der Waals surface area contributed by atoms with Crippen molar-refractivity contribution in [3.63, 3.8) is 0 Å². The number of aromatic carboxylic acids is 1. The van der Waals surface area contributed by atoms with Gasteiger partial charge in [0.2, 0.25) is 0 Å². The summed E-state index contributed by atoms with van der Waals surface area (Å²) in [5.41, 5.74) is 9.11.